The molecule has 4 rings (SSSR count). The summed E-state index contributed by atoms with van der Waals surface area (Å²) in [5.41, 5.74) is 3.74. The quantitative estimate of drug-likeness (QED) is 0.662. The normalized spacial score (nSPS) is 16.6. The summed E-state index contributed by atoms with van der Waals surface area (Å²) in [5, 5.41) is 1.06. The van der Waals surface area contributed by atoms with E-state index in [-0.39, 0.29) is 23.5 Å². The first-order valence-corrected chi connectivity index (χ1v) is 9.03. The fraction of sp³-hybridized carbons (Fsp3) is 0.238. The molecule has 3 nitrogen and oxygen atoms in total. The number of hydrogen-bond acceptors (Lipinski definition) is 2. The maximum atomic E-state index is 13.1. The molecule has 1 aromatic heterocycles. The summed E-state index contributed by atoms with van der Waals surface area (Å²) in [7, 11) is 0. The predicted molar refractivity (Wildman–Crippen MR) is 99.4 cm³/mol. The van der Waals surface area contributed by atoms with Crippen molar-refractivity contribution >= 4 is 34.2 Å². The lowest BCUT2D eigenvalue weighted by Gasteiger charge is -2.22. The standard InChI is InChI=1S/C21H18ClNO2/c22-13-20(24)15-10-11-19-17(12-15)16-8-4-5-9-18(16)23(19)21(25)14-6-2-1-3-7-14/h1-9,15H,10-13H2. The van der Waals surface area contributed by atoms with Crippen LogP contribution in [0.5, 0.6) is 0 Å². The number of fused-ring (bicyclic) bond motifs is 3. The van der Waals surface area contributed by atoms with Crippen LogP contribution in [0.4, 0.5) is 0 Å². The number of nitrogens with zero attached hydrogens (tertiary/aromatic N) is 1. The van der Waals surface area contributed by atoms with Crippen LogP contribution in [-0.2, 0) is 17.6 Å². The van der Waals surface area contributed by atoms with Gasteiger partial charge in [-0.1, -0.05) is 36.4 Å². The van der Waals surface area contributed by atoms with E-state index in [2.05, 4.69) is 0 Å². The zero-order chi connectivity index (χ0) is 17.4. The Kier molecular flexibility index (Phi) is 4.18. The highest BCUT2D eigenvalue weighted by Gasteiger charge is 2.30. The second-order valence-corrected chi connectivity index (χ2v) is 6.76. The minimum absolute atomic E-state index is 0.0137. The number of aromatic nitrogens is 1. The molecule has 1 aliphatic carbocycles. The van der Waals surface area contributed by atoms with Gasteiger partial charge in [0, 0.05) is 22.6 Å². The highest BCUT2D eigenvalue weighted by molar-refractivity contribution is 6.28. The Labute approximate surface area is 151 Å². The van der Waals surface area contributed by atoms with Gasteiger partial charge in [-0.15, -0.1) is 11.6 Å². The van der Waals surface area contributed by atoms with Crippen LogP contribution in [0, 0.1) is 5.92 Å². The molecule has 0 spiro atoms. The average Bonchev–Trinajstić information content (AvgIpc) is 3.01. The zero-order valence-electron chi connectivity index (χ0n) is 13.7. The number of benzene rings is 2. The van der Waals surface area contributed by atoms with Crippen molar-refractivity contribution in [1.29, 1.82) is 0 Å². The van der Waals surface area contributed by atoms with Crippen LogP contribution in [0.2, 0.25) is 0 Å². The Morgan fingerprint density at radius 3 is 2.52 bits per heavy atom. The molecular weight excluding hydrogens is 334 g/mol. The summed E-state index contributed by atoms with van der Waals surface area (Å²) in [4.78, 5) is 25.2. The van der Waals surface area contributed by atoms with Gasteiger partial charge in [0.25, 0.3) is 5.91 Å². The highest BCUT2D eigenvalue weighted by Crippen LogP contribution is 2.35. The third kappa shape index (κ3) is 2.69. The van der Waals surface area contributed by atoms with Crippen molar-refractivity contribution in [1.82, 2.24) is 4.57 Å². The molecule has 4 heteroatoms. The maximum absolute atomic E-state index is 13.1. The summed E-state index contributed by atoms with van der Waals surface area (Å²) >= 11 is 5.76. The van der Waals surface area contributed by atoms with Crippen LogP contribution in [0.25, 0.3) is 10.9 Å². The monoisotopic (exact) mass is 351 g/mol. The Hall–Kier alpha value is -2.39. The molecule has 0 bridgehead atoms. The molecule has 1 atom stereocenters. The third-order valence-electron chi connectivity index (χ3n) is 5.08. The molecule has 2 aromatic carbocycles. The van der Waals surface area contributed by atoms with Crippen molar-refractivity contribution in [3.63, 3.8) is 0 Å². The number of hydrogen-bond donors (Lipinski definition) is 0. The molecule has 3 aromatic rings. The molecule has 0 amide bonds. The van der Waals surface area contributed by atoms with Gasteiger partial charge in [-0.3, -0.25) is 14.2 Å². The van der Waals surface area contributed by atoms with Gasteiger partial charge < -0.3 is 0 Å². The Morgan fingerprint density at radius 2 is 1.76 bits per heavy atom. The van der Waals surface area contributed by atoms with E-state index in [1.165, 1.54) is 0 Å². The molecule has 0 N–H and O–H groups in total. The minimum atomic E-state index is -0.0453. The van der Waals surface area contributed by atoms with Crippen molar-refractivity contribution in [3.8, 4) is 0 Å². The number of alkyl halides is 1. The number of halogens is 1. The summed E-state index contributed by atoms with van der Waals surface area (Å²) in [6, 6.07) is 17.3. The number of para-hydroxylation sites is 1. The highest BCUT2D eigenvalue weighted by atomic mass is 35.5. The van der Waals surface area contributed by atoms with Gasteiger partial charge in [-0.25, -0.2) is 0 Å². The fourth-order valence-electron chi connectivity index (χ4n) is 3.84. The second-order valence-electron chi connectivity index (χ2n) is 6.49. The topological polar surface area (TPSA) is 39.1 Å². The molecule has 25 heavy (non-hydrogen) atoms. The molecule has 1 unspecified atom stereocenters. The lowest BCUT2D eigenvalue weighted by atomic mass is 9.84. The number of carbonyl (C=O) groups is 2. The smallest absolute Gasteiger partial charge is 0.262 e. The molecule has 1 aliphatic rings. The van der Waals surface area contributed by atoms with Gasteiger partial charge >= 0.3 is 0 Å². The third-order valence-corrected chi connectivity index (χ3v) is 5.34. The van der Waals surface area contributed by atoms with Gasteiger partial charge in [-0.05, 0) is 43.0 Å². The van der Waals surface area contributed by atoms with E-state index in [0.717, 1.165) is 35.0 Å². The van der Waals surface area contributed by atoms with Crippen LogP contribution in [0.1, 0.15) is 28.0 Å². The van der Waals surface area contributed by atoms with Gasteiger partial charge in [-0.2, -0.15) is 0 Å². The van der Waals surface area contributed by atoms with Crippen LogP contribution in [-0.4, -0.2) is 22.1 Å². The first kappa shape index (κ1) is 16.1. The van der Waals surface area contributed by atoms with E-state index in [4.69, 9.17) is 11.6 Å². The van der Waals surface area contributed by atoms with Crippen LogP contribution in [0.3, 0.4) is 0 Å². The maximum Gasteiger partial charge on any atom is 0.262 e. The van der Waals surface area contributed by atoms with E-state index in [1.54, 1.807) is 0 Å². The summed E-state index contributed by atoms with van der Waals surface area (Å²) < 4.78 is 1.83. The van der Waals surface area contributed by atoms with Gasteiger partial charge in [0.1, 0.15) is 0 Å². The molecule has 0 aliphatic heterocycles. The summed E-state index contributed by atoms with van der Waals surface area (Å²) in [6.07, 6.45) is 2.13. The van der Waals surface area contributed by atoms with E-state index < -0.39 is 0 Å². The van der Waals surface area contributed by atoms with Gasteiger partial charge in [0.2, 0.25) is 0 Å². The molecule has 1 heterocycles. The SMILES string of the molecule is O=C(CCl)C1CCc2c(c3ccccc3n2C(=O)c2ccccc2)C1. The molecule has 0 saturated heterocycles. The Bertz CT molecular complexity index is 959. The van der Waals surface area contributed by atoms with Crippen LogP contribution < -0.4 is 0 Å². The zero-order valence-corrected chi connectivity index (χ0v) is 14.5. The first-order chi connectivity index (χ1) is 12.2. The summed E-state index contributed by atoms with van der Waals surface area (Å²) in [6.45, 7) is 0. The largest absolute Gasteiger partial charge is 0.298 e. The molecule has 0 fully saturated rings. The van der Waals surface area contributed by atoms with Crippen molar-refractivity contribution < 1.29 is 9.59 Å². The average molecular weight is 352 g/mol. The molecular formula is C21H18ClNO2. The lowest BCUT2D eigenvalue weighted by molar-refractivity contribution is -0.120. The lowest BCUT2D eigenvalue weighted by Crippen LogP contribution is -2.25. The molecule has 0 saturated carbocycles. The second kappa shape index (κ2) is 6.49. The van der Waals surface area contributed by atoms with E-state index in [9.17, 15) is 9.59 Å². The fourth-order valence-corrected chi connectivity index (χ4v) is 4.05. The molecule has 0 radical (unpaired) electrons. The number of rotatable bonds is 3. The van der Waals surface area contributed by atoms with E-state index >= 15 is 0 Å². The van der Waals surface area contributed by atoms with Crippen molar-refractivity contribution in [2.24, 2.45) is 5.92 Å². The number of Topliss-reactive ketones (excluding diaryl/α,β-unsaturated/α-hetero) is 1. The van der Waals surface area contributed by atoms with Crippen molar-refractivity contribution in [2.75, 3.05) is 5.88 Å². The Balaban J connectivity index is 1.87. The minimum Gasteiger partial charge on any atom is -0.298 e. The van der Waals surface area contributed by atoms with Crippen LogP contribution in [0.15, 0.2) is 54.6 Å². The van der Waals surface area contributed by atoms with Crippen molar-refractivity contribution in [2.45, 2.75) is 19.3 Å². The van der Waals surface area contributed by atoms with Gasteiger partial charge in [0.15, 0.2) is 5.78 Å². The van der Waals surface area contributed by atoms with Crippen molar-refractivity contribution in [3.05, 3.63) is 71.4 Å². The number of carbonyl (C=O) groups excluding carboxylic acids is 2. The van der Waals surface area contributed by atoms with E-state index in [1.807, 2.05) is 59.2 Å². The van der Waals surface area contributed by atoms with Crippen LogP contribution >= 0.6 is 11.6 Å². The molecule has 126 valence electrons. The first-order valence-electron chi connectivity index (χ1n) is 8.50. The van der Waals surface area contributed by atoms with E-state index in [0.29, 0.717) is 12.0 Å². The summed E-state index contributed by atoms with van der Waals surface area (Å²) in [5.74, 6) is 0.0940. The predicted octanol–water partition coefficient (Wildman–Crippen LogP) is 4.24. The number of ketones is 1. The Morgan fingerprint density at radius 1 is 1.04 bits per heavy atom. The van der Waals surface area contributed by atoms with Gasteiger partial charge in [0.05, 0.1) is 11.4 Å².